The fraction of sp³-hybridized carbons (Fsp3) is 0.471. The van der Waals surface area contributed by atoms with Crippen LogP contribution in [0.15, 0.2) is 24.3 Å². The topological polar surface area (TPSA) is 81.1 Å². The molecule has 1 aromatic heterocycles. The molecule has 1 unspecified atom stereocenters. The van der Waals surface area contributed by atoms with Crippen molar-refractivity contribution in [3.05, 3.63) is 41.5 Å². The van der Waals surface area contributed by atoms with E-state index >= 15 is 0 Å². The van der Waals surface area contributed by atoms with Gasteiger partial charge in [-0.1, -0.05) is 25.1 Å². The molecule has 1 atom stereocenters. The van der Waals surface area contributed by atoms with Crippen molar-refractivity contribution in [3.63, 3.8) is 0 Å². The number of carbonyl (C=O) groups is 1. The summed E-state index contributed by atoms with van der Waals surface area (Å²) in [7, 11) is 1.64. The maximum atomic E-state index is 12.3. The second kappa shape index (κ2) is 7.33. The van der Waals surface area contributed by atoms with Crippen LogP contribution < -0.4 is 15.4 Å². The zero-order valence-corrected chi connectivity index (χ0v) is 14.1. The Hall–Kier alpha value is -2.57. The monoisotopic (exact) mass is 329 g/mol. The van der Waals surface area contributed by atoms with E-state index in [4.69, 9.17) is 4.74 Å². The summed E-state index contributed by atoms with van der Waals surface area (Å²) < 4.78 is 7.47. The minimum absolute atomic E-state index is 0.106. The van der Waals surface area contributed by atoms with Crippen molar-refractivity contribution >= 4 is 6.03 Å². The molecule has 2 amide bonds. The molecule has 3 rings (SSSR count). The molecular formula is C17H23N5O2. The quantitative estimate of drug-likeness (QED) is 0.851. The normalized spacial score (nSPS) is 14.1. The van der Waals surface area contributed by atoms with E-state index in [1.54, 1.807) is 7.11 Å². The van der Waals surface area contributed by atoms with Gasteiger partial charge in [0.15, 0.2) is 5.82 Å². The Labute approximate surface area is 141 Å². The van der Waals surface area contributed by atoms with Crippen molar-refractivity contribution in [1.29, 1.82) is 0 Å². The molecule has 0 bridgehead atoms. The Morgan fingerprint density at radius 1 is 1.38 bits per heavy atom. The van der Waals surface area contributed by atoms with Gasteiger partial charge in [0.2, 0.25) is 0 Å². The van der Waals surface area contributed by atoms with Gasteiger partial charge in [-0.25, -0.2) is 4.79 Å². The second-order valence-electron chi connectivity index (χ2n) is 5.82. The molecule has 2 aromatic rings. The summed E-state index contributed by atoms with van der Waals surface area (Å²) >= 11 is 0. The van der Waals surface area contributed by atoms with Crippen LogP contribution >= 0.6 is 0 Å². The molecule has 7 nitrogen and oxygen atoms in total. The number of nitrogens with one attached hydrogen (secondary N) is 2. The standard InChI is InChI=1S/C17H23N5O2/c1-3-13(12-7-4-5-8-14(12)24-2)19-17(23)18-11-16-21-20-15-9-6-10-22(15)16/h4-5,7-8,13H,3,6,9-11H2,1-2H3,(H2,18,19,23). The fourth-order valence-electron chi connectivity index (χ4n) is 3.06. The molecule has 7 heteroatoms. The van der Waals surface area contributed by atoms with Gasteiger partial charge < -0.3 is 19.9 Å². The van der Waals surface area contributed by atoms with Crippen LogP contribution in [0.3, 0.4) is 0 Å². The number of hydrogen-bond donors (Lipinski definition) is 2. The number of benzene rings is 1. The molecule has 1 aliphatic heterocycles. The average molecular weight is 329 g/mol. The van der Waals surface area contributed by atoms with E-state index in [9.17, 15) is 4.79 Å². The Morgan fingerprint density at radius 3 is 3.00 bits per heavy atom. The van der Waals surface area contributed by atoms with E-state index in [0.29, 0.717) is 6.54 Å². The predicted octanol–water partition coefficient (Wildman–Crippen LogP) is 2.18. The minimum atomic E-state index is -0.219. The maximum absolute atomic E-state index is 12.3. The van der Waals surface area contributed by atoms with Crippen molar-refractivity contribution < 1.29 is 9.53 Å². The number of fused-ring (bicyclic) bond motifs is 1. The molecular weight excluding hydrogens is 306 g/mol. The lowest BCUT2D eigenvalue weighted by atomic mass is 10.0. The number of methoxy groups -OCH3 is 1. The van der Waals surface area contributed by atoms with E-state index < -0.39 is 0 Å². The molecule has 0 saturated heterocycles. The van der Waals surface area contributed by atoms with Crippen LogP contribution in [0.2, 0.25) is 0 Å². The van der Waals surface area contributed by atoms with Crippen molar-refractivity contribution in [2.75, 3.05) is 7.11 Å². The van der Waals surface area contributed by atoms with Gasteiger partial charge >= 0.3 is 6.03 Å². The molecule has 0 aliphatic carbocycles. The summed E-state index contributed by atoms with van der Waals surface area (Å²) in [5, 5.41) is 14.2. The predicted molar refractivity (Wildman–Crippen MR) is 89.7 cm³/mol. The number of aryl methyl sites for hydroxylation is 1. The van der Waals surface area contributed by atoms with Gasteiger partial charge in [0.1, 0.15) is 11.6 Å². The number of ether oxygens (including phenoxy) is 1. The summed E-state index contributed by atoms with van der Waals surface area (Å²) in [6, 6.07) is 7.41. The molecule has 2 N–H and O–H groups in total. The van der Waals surface area contributed by atoms with E-state index in [-0.39, 0.29) is 12.1 Å². The first-order valence-electron chi connectivity index (χ1n) is 8.31. The number of amides is 2. The summed E-state index contributed by atoms with van der Waals surface area (Å²) in [4.78, 5) is 12.3. The lowest BCUT2D eigenvalue weighted by Gasteiger charge is -2.20. The van der Waals surface area contributed by atoms with E-state index in [2.05, 4.69) is 25.4 Å². The largest absolute Gasteiger partial charge is 0.496 e. The summed E-state index contributed by atoms with van der Waals surface area (Å²) in [6.45, 7) is 3.34. The molecule has 1 aromatic carbocycles. The van der Waals surface area contributed by atoms with Crippen molar-refractivity contribution in [1.82, 2.24) is 25.4 Å². The van der Waals surface area contributed by atoms with Gasteiger partial charge in [-0.05, 0) is 18.9 Å². The van der Waals surface area contributed by atoms with Crippen molar-refractivity contribution in [3.8, 4) is 5.75 Å². The highest BCUT2D eigenvalue weighted by atomic mass is 16.5. The van der Waals surface area contributed by atoms with Crippen LogP contribution in [-0.4, -0.2) is 27.9 Å². The fourth-order valence-corrected chi connectivity index (χ4v) is 3.06. The Kier molecular flexibility index (Phi) is 4.98. The van der Waals surface area contributed by atoms with Gasteiger partial charge in [0, 0.05) is 18.5 Å². The van der Waals surface area contributed by atoms with Crippen LogP contribution in [0.5, 0.6) is 5.75 Å². The first kappa shape index (κ1) is 16.3. The average Bonchev–Trinajstić information content (AvgIpc) is 3.22. The Bertz CT molecular complexity index is 713. The van der Waals surface area contributed by atoms with Gasteiger partial charge in [-0.2, -0.15) is 0 Å². The SMILES string of the molecule is CCC(NC(=O)NCc1nnc2n1CCC2)c1ccccc1OC. The molecule has 0 saturated carbocycles. The van der Waals surface area contributed by atoms with Gasteiger partial charge in [0.25, 0.3) is 0 Å². The van der Waals surface area contributed by atoms with E-state index in [0.717, 1.165) is 48.8 Å². The molecule has 128 valence electrons. The highest BCUT2D eigenvalue weighted by Crippen LogP contribution is 2.26. The third-order valence-electron chi connectivity index (χ3n) is 4.32. The number of aromatic nitrogens is 3. The zero-order chi connectivity index (χ0) is 16.9. The number of rotatable bonds is 6. The van der Waals surface area contributed by atoms with Crippen LogP contribution in [0.4, 0.5) is 4.79 Å². The van der Waals surface area contributed by atoms with E-state index in [1.165, 1.54) is 0 Å². The lowest BCUT2D eigenvalue weighted by molar-refractivity contribution is 0.235. The zero-order valence-electron chi connectivity index (χ0n) is 14.1. The number of carbonyl (C=O) groups excluding carboxylic acids is 1. The smallest absolute Gasteiger partial charge is 0.315 e. The summed E-state index contributed by atoms with van der Waals surface area (Å²) in [5.41, 5.74) is 0.973. The summed E-state index contributed by atoms with van der Waals surface area (Å²) in [6.07, 6.45) is 2.83. The Balaban J connectivity index is 1.60. The van der Waals surface area contributed by atoms with E-state index in [1.807, 2.05) is 31.2 Å². The van der Waals surface area contributed by atoms with Gasteiger partial charge in [-0.3, -0.25) is 0 Å². The molecule has 1 aliphatic rings. The minimum Gasteiger partial charge on any atom is -0.496 e. The lowest BCUT2D eigenvalue weighted by Crippen LogP contribution is -2.38. The number of para-hydroxylation sites is 1. The van der Waals surface area contributed by atoms with Crippen LogP contribution in [-0.2, 0) is 19.5 Å². The highest BCUT2D eigenvalue weighted by molar-refractivity contribution is 5.74. The highest BCUT2D eigenvalue weighted by Gasteiger charge is 2.19. The Morgan fingerprint density at radius 2 is 2.21 bits per heavy atom. The first-order chi connectivity index (χ1) is 11.7. The summed E-state index contributed by atoms with van der Waals surface area (Å²) in [5.74, 6) is 2.59. The molecule has 0 radical (unpaired) electrons. The van der Waals surface area contributed by atoms with Crippen LogP contribution in [0.25, 0.3) is 0 Å². The first-order valence-corrected chi connectivity index (χ1v) is 8.31. The molecule has 24 heavy (non-hydrogen) atoms. The molecule has 0 fully saturated rings. The number of nitrogens with zero attached hydrogens (tertiary/aromatic N) is 3. The maximum Gasteiger partial charge on any atom is 0.315 e. The van der Waals surface area contributed by atoms with Gasteiger partial charge in [-0.15, -0.1) is 10.2 Å². The number of hydrogen-bond acceptors (Lipinski definition) is 4. The van der Waals surface area contributed by atoms with Gasteiger partial charge in [0.05, 0.1) is 19.7 Å². The van der Waals surface area contributed by atoms with Crippen LogP contribution in [0.1, 0.15) is 43.0 Å². The molecule has 0 spiro atoms. The third kappa shape index (κ3) is 3.34. The third-order valence-corrected chi connectivity index (χ3v) is 4.32. The number of urea groups is 1. The molecule has 2 heterocycles. The van der Waals surface area contributed by atoms with Crippen LogP contribution in [0, 0.1) is 0 Å². The van der Waals surface area contributed by atoms with Crippen molar-refractivity contribution in [2.24, 2.45) is 0 Å². The second-order valence-corrected chi connectivity index (χ2v) is 5.82. The van der Waals surface area contributed by atoms with Crippen molar-refractivity contribution in [2.45, 2.75) is 45.3 Å².